The molecule has 2 heterocycles. The summed E-state index contributed by atoms with van der Waals surface area (Å²) in [4.78, 5) is 27.8. The van der Waals surface area contributed by atoms with Gasteiger partial charge in [-0.15, -0.1) is 0 Å². The summed E-state index contributed by atoms with van der Waals surface area (Å²) < 4.78 is 5.27. The van der Waals surface area contributed by atoms with Crippen LogP contribution in [0, 0.1) is 10.1 Å². The molecule has 1 atom stereocenters. The summed E-state index contributed by atoms with van der Waals surface area (Å²) in [6, 6.07) is 5.12. The molecule has 0 aliphatic carbocycles. The van der Waals surface area contributed by atoms with Gasteiger partial charge in [-0.05, 0) is 39.8 Å². The Morgan fingerprint density at radius 3 is 2.57 bits per heavy atom. The Kier molecular flexibility index (Phi) is 4.78. The molecule has 1 aliphatic heterocycles. The van der Waals surface area contributed by atoms with Gasteiger partial charge in [0.2, 0.25) is 0 Å². The molecule has 23 heavy (non-hydrogen) atoms. The van der Waals surface area contributed by atoms with E-state index < -0.39 is 16.8 Å². The maximum atomic E-state index is 12.5. The fourth-order valence-corrected chi connectivity index (χ4v) is 2.61. The number of pyridine rings is 1. The normalized spacial score (nSPS) is 18.0. The number of hydrogen-bond acceptors (Lipinski definition) is 6. The fourth-order valence-electron chi connectivity index (χ4n) is 2.61. The number of hydrogen-bond donors (Lipinski definition) is 1. The van der Waals surface area contributed by atoms with Crippen molar-refractivity contribution in [3.05, 3.63) is 62.9 Å². The van der Waals surface area contributed by atoms with Crippen molar-refractivity contribution in [1.82, 2.24) is 10.3 Å². The van der Waals surface area contributed by atoms with E-state index in [1.54, 1.807) is 52.1 Å². The summed E-state index contributed by atoms with van der Waals surface area (Å²) in [6.07, 6.45) is 1.23. The molecule has 1 aromatic rings. The molecule has 0 bridgehead atoms. The number of dihydropyridines is 1. The third-order valence-corrected chi connectivity index (χ3v) is 3.47. The zero-order valence-corrected chi connectivity index (χ0v) is 13.5. The number of nitro groups is 1. The second-order valence-corrected chi connectivity index (χ2v) is 5.57. The molecule has 7 nitrogen and oxygen atoms in total. The van der Waals surface area contributed by atoms with E-state index in [4.69, 9.17) is 4.74 Å². The van der Waals surface area contributed by atoms with Crippen molar-refractivity contribution in [3.63, 3.8) is 0 Å². The van der Waals surface area contributed by atoms with Crippen LogP contribution in [0.2, 0.25) is 0 Å². The number of nitrogens with one attached hydrogen (secondary N) is 1. The number of rotatable bonds is 4. The van der Waals surface area contributed by atoms with E-state index in [2.05, 4.69) is 10.3 Å². The monoisotopic (exact) mass is 317 g/mol. The topological polar surface area (TPSA) is 94.4 Å². The minimum Gasteiger partial charge on any atom is -0.460 e. The van der Waals surface area contributed by atoms with Crippen molar-refractivity contribution in [3.8, 4) is 0 Å². The van der Waals surface area contributed by atoms with Crippen LogP contribution >= 0.6 is 0 Å². The van der Waals surface area contributed by atoms with Crippen molar-refractivity contribution in [2.24, 2.45) is 0 Å². The second-order valence-electron chi connectivity index (χ2n) is 5.57. The molecule has 0 amide bonds. The van der Waals surface area contributed by atoms with Crippen LogP contribution < -0.4 is 5.32 Å². The largest absolute Gasteiger partial charge is 0.460 e. The first-order valence-electron chi connectivity index (χ1n) is 7.27. The molecule has 0 aromatic carbocycles. The van der Waals surface area contributed by atoms with E-state index in [0.29, 0.717) is 17.1 Å². The van der Waals surface area contributed by atoms with Crippen LogP contribution in [0.1, 0.15) is 39.3 Å². The Labute approximate surface area is 134 Å². The van der Waals surface area contributed by atoms with E-state index in [1.165, 1.54) is 0 Å². The Balaban J connectivity index is 2.60. The van der Waals surface area contributed by atoms with Crippen molar-refractivity contribution < 1.29 is 14.5 Å². The minimum atomic E-state index is -0.862. The highest BCUT2D eigenvalue weighted by atomic mass is 16.6. The smallest absolute Gasteiger partial charge is 0.337 e. The molecule has 1 aromatic heterocycles. The van der Waals surface area contributed by atoms with E-state index >= 15 is 0 Å². The second kappa shape index (κ2) is 6.60. The zero-order chi connectivity index (χ0) is 17.1. The first kappa shape index (κ1) is 16.7. The summed E-state index contributed by atoms with van der Waals surface area (Å²) in [5.74, 6) is -1.44. The number of carbonyl (C=O) groups is 1. The fraction of sp³-hybridized carbons (Fsp3) is 0.375. The van der Waals surface area contributed by atoms with Crippen molar-refractivity contribution >= 4 is 5.97 Å². The summed E-state index contributed by atoms with van der Waals surface area (Å²) >= 11 is 0. The van der Waals surface area contributed by atoms with Crippen LogP contribution in [-0.4, -0.2) is 22.0 Å². The number of nitrogens with zero attached hydrogens (tertiary/aromatic N) is 2. The molecule has 122 valence electrons. The highest BCUT2D eigenvalue weighted by Gasteiger charge is 2.41. The lowest BCUT2D eigenvalue weighted by atomic mass is 9.87. The van der Waals surface area contributed by atoms with Gasteiger partial charge in [-0.25, -0.2) is 4.79 Å². The van der Waals surface area contributed by atoms with E-state index in [-0.39, 0.29) is 17.4 Å². The van der Waals surface area contributed by atoms with E-state index in [1.807, 2.05) is 0 Å². The molecular weight excluding hydrogens is 298 g/mol. The average molecular weight is 317 g/mol. The standard InChI is InChI=1S/C16H19N3O4/c1-9(2)23-16(20)13-10(3)18-11(4)15(19(21)22)14(13)12-7-5-6-8-17-12/h5-9,14,18H,1-4H3. The summed E-state index contributed by atoms with van der Waals surface area (Å²) in [5, 5.41) is 14.5. The quantitative estimate of drug-likeness (QED) is 0.521. The van der Waals surface area contributed by atoms with Crippen molar-refractivity contribution in [2.45, 2.75) is 39.7 Å². The molecule has 1 aliphatic rings. The predicted octanol–water partition coefficient (Wildman–Crippen LogP) is 2.50. The molecule has 0 saturated carbocycles. The van der Waals surface area contributed by atoms with Crippen molar-refractivity contribution in [2.75, 3.05) is 0 Å². The Morgan fingerprint density at radius 2 is 2.04 bits per heavy atom. The zero-order valence-electron chi connectivity index (χ0n) is 13.5. The number of aromatic nitrogens is 1. The van der Waals surface area contributed by atoms with Gasteiger partial charge in [-0.1, -0.05) is 6.07 Å². The van der Waals surface area contributed by atoms with Gasteiger partial charge in [-0.2, -0.15) is 0 Å². The lowest BCUT2D eigenvalue weighted by Gasteiger charge is -2.26. The van der Waals surface area contributed by atoms with E-state index in [9.17, 15) is 14.9 Å². The molecular formula is C16H19N3O4. The van der Waals surface area contributed by atoms with Crippen LogP contribution in [0.25, 0.3) is 0 Å². The van der Waals surface area contributed by atoms with Gasteiger partial charge in [0.05, 0.1) is 28.0 Å². The summed E-state index contributed by atoms with van der Waals surface area (Å²) in [6.45, 7) is 6.78. The number of esters is 1. The van der Waals surface area contributed by atoms with Gasteiger partial charge in [-0.3, -0.25) is 15.1 Å². The average Bonchev–Trinajstić information content (AvgIpc) is 2.45. The third kappa shape index (κ3) is 3.39. The van der Waals surface area contributed by atoms with Gasteiger partial charge in [0.25, 0.3) is 5.70 Å². The van der Waals surface area contributed by atoms with Crippen LogP contribution in [-0.2, 0) is 9.53 Å². The predicted molar refractivity (Wildman–Crippen MR) is 83.7 cm³/mol. The molecule has 7 heteroatoms. The van der Waals surface area contributed by atoms with Gasteiger partial charge < -0.3 is 10.1 Å². The molecule has 2 rings (SSSR count). The maximum Gasteiger partial charge on any atom is 0.337 e. The van der Waals surface area contributed by atoms with Gasteiger partial charge in [0.15, 0.2) is 0 Å². The van der Waals surface area contributed by atoms with E-state index in [0.717, 1.165) is 0 Å². The minimum absolute atomic E-state index is 0.0926. The number of allylic oxidation sites excluding steroid dienone is 3. The maximum absolute atomic E-state index is 12.5. The molecule has 0 saturated heterocycles. The third-order valence-electron chi connectivity index (χ3n) is 3.47. The highest BCUT2D eigenvalue weighted by molar-refractivity contribution is 5.92. The van der Waals surface area contributed by atoms with Crippen LogP contribution in [0.3, 0.4) is 0 Å². The SMILES string of the molecule is CC1=C(C(=O)OC(C)C)C(c2ccccn2)C([N+](=O)[O-])=C(C)N1. The molecule has 0 radical (unpaired) electrons. The Morgan fingerprint density at radius 1 is 1.35 bits per heavy atom. The highest BCUT2D eigenvalue weighted by Crippen LogP contribution is 2.37. The molecule has 0 spiro atoms. The van der Waals surface area contributed by atoms with Gasteiger partial charge in [0, 0.05) is 11.9 Å². The first-order valence-corrected chi connectivity index (χ1v) is 7.27. The lowest BCUT2D eigenvalue weighted by molar-refractivity contribution is -0.431. The Hall–Kier alpha value is -2.70. The summed E-state index contributed by atoms with van der Waals surface area (Å²) in [7, 11) is 0. The molecule has 0 fully saturated rings. The van der Waals surface area contributed by atoms with Crippen LogP contribution in [0.5, 0.6) is 0 Å². The molecule has 1 N–H and O–H groups in total. The lowest BCUT2D eigenvalue weighted by Crippen LogP contribution is -2.32. The van der Waals surface area contributed by atoms with Crippen LogP contribution in [0.4, 0.5) is 0 Å². The summed E-state index contributed by atoms with van der Waals surface area (Å²) in [5.41, 5.74) is 1.49. The van der Waals surface area contributed by atoms with Gasteiger partial charge in [0.1, 0.15) is 5.92 Å². The number of carbonyl (C=O) groups excluding carboxylic acids is 1. The van der Waals surface area contributed by atoms with Gasteiger partial charge >= 0.3 is 5.97 Å². The molecule has 1 unspecified atom stereocenters. The van der Waals surface area contributed by atoms with Crippen LogP contribution in [0.15, 0.2) is 47.1 Å². The van der Waals surface area contributed by atoms with Crippen molar-refractivity contribution in [1.29, 1.82) is 0 Å². The Bertz CT molecular complexity index is 693. The first-order chi connectivity index (χ1) is 10.8. The number of ether oxygens (including phenoxy) is 1.